The minimum absolute atomic E-state index is 0.0989. The molecule has 0 aromatic heterocycles. The van der Waals surface area contributed by atoms with E-state index in [0.717, 1.165) is 148 Å². The van der Waals surface area contributed by atoms with Crippen molar-refractivity contribution in [2.24, 2.45) is 0 Å². The van der Waals surface area contributed by atoms with Gasteiger partial charge in [-0.15, -0.1) is 0 Å². The zero-order chi connectivity index (χ0) is 52.2. The Labute approximate surface area is 443 Å². The van der Waals surface area contributed by atoms with Crippen LogP contribution < -0.4 is 0 Å². The van der Waals surface area contributed by atoms with Crippen molar-refractivity contribution < 1.29 is 28.6 Å². The van der Waals surface area contributed by atoms with Gasteiger partial charge in [0.2, 0.25) is 0 Å². The highest BCUT2D eigenvalue weighted by Gasteiger charge is 2.19. The first-order valence-corrected chi connectivity index (χ1v) is 29.5. The van der Waals surface area contributed by atoms with E-state index in [0.29, 0.717) is 19.3 Å². The minimum Gasteiger partial charge on any atom is -0.462 e. The molecule has 0 aliphatic carbocycles. The van der Waals surface area contributed by atoms with Gasteiger partial charge in [-0.2, -0.15) is 0 Å². The molecule has 0 N–H and O–H groups in total. The molecule has 0 radical (unpaired) electrons. The zero-order valence-electron chi connectivity index (χ0n) is 46.7. The summed E-state index contributed by atoms with van der Waals surface area (Å²) in [6.07, 6.45) is 81.8. The minimum atomic E-state index is -0.803. The van der Waals surface area contributed by atoms with Crippen molar-refractivity contribution in [2.45, 2.75) is 264 Å². The van der Waals surface area contributed by atoms with Crippen molar-refractivity contribution in [3.63, 3.8) is 0 Å². The molecule has 0 rings (SSSR count). The molecule has 0 heterocycles. The summed E-state index contributed by atoms with van der Waals surface area (Å²) in [5.74, 6) is -0.947. The number of carbonyl (C=O) groups is 3. The van der Waals surface area contributed by atoms with Gasteiger partial charge in [0.15, 0.2) is 6.10 Å². The Balaban J connectivity index is 4.45. The summed E-state index contributed by atoms with van der Waals surface area (Å²) in [5, 5.41) is 0. The Hall–Kier alpha value is -4.19. The van der Waals surface area contributed by atoms with E-state index in [2.05, 4.69) is 142 Å². The first-order valence-electron chi connectivity index (χ1n) is 29.5. The summed E-state index contributed by atoms with van der Waals surface area (Å²) in [7, 11) is 0. The highest BCUT2D eigenvalue weighted by Crippen LogP contribution is 2.14. The Morgan fingerprint density at radius 3 is 0.861 bits per heavy atom. The van der Waals surface area contributed by atoms with Crippen LogP contribution in [0.15, 0.2) is 122 Å². The van der Waals surface area contributed by atoms with Crippen LogP contribution in [0.2, 0.25) is 0 Å². The zero-order valence-corrected chi connectivity index (χ0v) is 46.7. The number of esters is 3. The van der Waals surface area contributed by atoms with Gasteiger partial charge >= 0.3 is 17.9 Å². The smallest absolute Gasteiger partial charge is 0.306 e. The largest absolute Gasteiger partial charge is 0.462 e. The lowest BCUT2D eigenvalue weighted by Gasteiger charge is -2.18. The SMILES string of the molecule is CC/C=C\C/C=C\C/C=C\C/C=C\C/C=C\C/C=C\CCCCCCC(=O)OCC(COC(=O)CCCCCCC/C=C\CCCCC)OC(=O)CCCCCCCC/C=C\C/C=C\C/C=C\CCCCC. The third-order valence-corrected chi connectivity index (χ3v) is 12.2. The van der Waals surface area contributed by atoms with E-state index >= 15 is 0 Å². The van der Waals surface area contributed by atoms with Crippen LogP contribution in [-0.4, -0.2) is 37.2 Å². The van der Waals surface area contributed by atoms with E-state index in [9.17, 15) is 14.4 Å². The summed E-state index contributed by atoms with van der Waals surface area (Å²) in [5.41, 5.74) is 0. The van der Waals surface area contributed by atoms with Crippen molar-refractivity contribution in [3.8, 4) is 0 Å². The van der Waals surface area contributed by atoms with E-state index in [1.807, 2.05) is 0 Å². The molecular weight excluding hydrogens is 889 g/mol. The van der Waals surface area contributed by atoms with Crippen LogP contribution in [0, 0.1) is 0 Å². The van der Waals surface area contributed by atoms with E-state index in [1.54, 1.807) is 0 Å². The lowest BCUT2D eigenvalue weighted by atomic mass is 10.1. The summed E-state index contributed by atoms with van der Waals surface area (Å²) in [4.78, 5) is 38.2. The van der Waals surface area contributed by atoms with E-state index in [4.69, 9.17) is 14.2 Å². The van der Waals surface area contributed by atoms with Crippen molar-refractivity contribution >= 4 is 17.9 Å². The summed E-state index contributed by atoms with van der Waals surface area (Å²) in [6.45, 7) is 6.43. The van der Waals surface area contributed by atoms with Crippen LogP contribution in [0.3, 0.4) is 0 Å². The Morgan fingerprint density at radius 1 is 0.292 bits per heavy atom. The van der Waals surface area contributed by atoms with Crippen molar-refractivity contribution in [1.82, 2.24) is 0 Å². The van der Waals surface area contributed by atoms with E-state index in [1.165, 1.54) is 70.6 Å². The lowest BCUT2D eigenvalue weighted by Crippen LogP contribution is -2.30. The van der Waals surface area contributed by atoms with Gasteiger partial charge in [0.1, 0.15) is 13.2 Å². The van der Waals surface area contributed by atoms with Gasteiger partial charge < -0.3 is 14.2 Å². The highest BCUT2D eigenvalue weighted by atomic mass is 16.6. The number of rotatable bonds is 52. The van der Waals surface area contributed by atoms with Crippen LogP contribution in [-0.2, 0) is 28.6 Å². The van der Waals surface area contributed by atoms with Gasteiger partial charge in [0.25, 0.3) is 0 Å². The Kier molecular flexibility index (Phi) is 55.9. The average molecular weight is 998 g/mol. The van der Waals surface area contributed by atoms with Gasteiger partial charge in [-0.25, -0.2) is 0 Å². The monoisotopic (exact) mass is 997 g/mol. The van der Waals surface area contributed by atoms with E-state index < -0.39 is 6.10 Å². The summed E-state index contributed by atoms with van der Waals surface area (Å²) >= 11 is 0. The second kappa shape index (κ2) is 59.4. The van der Waals surface area contributed by atoms with Crippen molar-refractivity contribution in [1.29, 1.82) is 0 Å². The fourth-order valence-electron chi connectivity index (χ4n) is 7.74. The predicted molar refractivity (Wildman–Crippen MR) is 311 cm³/mol. The molecule has 1 atom stereocenters. The van der Waals surface area contributed by atoms with Crippen LogP contribution in [0.25, 0.3) is 0 Å². The third-order valence-electron chi connectivity index (χ3n) is 12.2. The maximum absolute atomic E-state index is 12.9. The molecule has 0 saturated heterocycles. The maximum atomic E-state index is 12.9. The number of unbranched alkanes of at least 4 members (excludes halogenated alkanes) is 21. The van der Waals surface area contributed by atoms with Crippen LogP contribution >= 0.6 is 0 Å². The van der Waals surface area contributed by atoms with Gasteiger partial charge in [0, 0.05) is 19.3 Å². The average Bonchev–Trinajstić information content (AvgIpc) is 3.38. The third kappa shape index (κ3) is 56.7. The standard InChI is InChI=1S/C66H108O6/c1-4-7-10-13-16-19-22-25-27-29-31-32-33-34-36-37-39-41-44-47-50-53-56-59-65(68)71-62-63(61-70-64(67)58-55-52-49-46-43-24-21-18-15-12-9-6-3)72-66(69)60-57-54-51-48-45-42-40-38-35-30-28-26-23-20-17-14-11-8-5-2/h7,10,16-21,25-28,31-32,34-36,38-39,41,63H,4-6,8-9,11-15,22-24,29-30,33,37,40,42-62H2,1-3H3/b10-7-,19-16-,20-17-,21-18-,27-25-,28-26-,32-31-,36-34-,38-35-,41-39-. The number of hydrogen-bond acceptors (Lipinski definition) is 6. The summed E-state index contributed by atoms with van der Waals surface area (Å²) in [6, 6.07) is 0. The molecule has 408 valence electrons. The topological polar surface area (TPSA) is 78.9 Å². The molecule has 0 saturated carbocycles. The molecule has 0 fully saturated rings. The molecule has 0 amide bonds. The predicted octanol–water partition coefficient (Wildman–Crippen LogP) is 20.0. The number of carbonyl (C=O) groups excluding carboxylic acids is 3. The van der Waals surface area contributed by atoms with Crippen molar-refractivity contribution in [2.75, 3.05) is 13.2 Å². The summed E-state index contributed by atoms with van der Waals surface area (Å²) < 4.78 is 16.8. The molecule has 6 nitrogen and oxygen atoms in total. The second-order valence-corrected chi connectivity index (χ2v) is 19.2. The second-order valence-electron chi connectivity index (χ2n) is 19.2. The Morgan fingerprint density at radius 2 is 0.542 bits per heavy atom. The molecule has 0 aliphatic rings. The molecule has 6 heteroatoms. The van der Waals surface area contributed by atoms with Gasteiger partial charge in [0.05, 0.1) is 0 Å². The molecular formula is C66H108O6. The highest BCUT2D eigenvalue weighted by molar-refractivity contribution is 5.71. The first-order chi connectivity index (χ1) is 35.5. The molecule has 0 aliphatic heterocycles. The Bertz CT molecular complexity index is 1520. The fraction of sp³-hybridized carbons (Fsp3) is 0.652. The van der Waals surface area contributed by atoms with Gasteiger partial charge in [-0.1, -0.05) is 226 Å². The molecule has 1 unspecified atom stereocenters. The number of allylic oxidation sites excluding steroid dienone is 20. The number of hydrogen-bond donors (Lipinski definition) is 0. The van der Waals surface area contributed by atoms with E-state index in [-0.39, 0.29) is 31.1 Å². The quantitative estimate of drug-likeness (QED) is 0.0261. The van der Waals surface area contributed by atoms with Gasteiger partial charge in [-0.05, 0) is 135 Å². The van der Waals surface area contributed by atoms with Gasteiger partial charge in [-0.3, -0.25) is 14.4 Å². The fourth-order valence-corrected chi connectivity index (χ4v) is 7.74. The molecule has 0 aromatic rings. The lowest BCUT2D eigenvalue weighted by molar-refractivity contribution is -0.167. The van der Waals surface area contributed by atoms with Crippen LogP contribution in [0.1, 0.15) is 258 Å². The number of ether oxygens (including phenoxy) is 3. The molecule has 0 spiro atoms. The first kappa shape index (κ1) is 67.8. The van der Waals surface area contributed by atoms with Crippen LogP contribution in [0.4, 0.5) is 0 Å². The molecule has 0 aromatic carbocycles. The molecule has 0 bridgehead atoms. The maximum Gasteiger partial charge on any atom is 0.306 e. The van der Waals surface area contributed by atoms with Crippen molar-refractivity contribution in [3.05, 3.63) is 122 Å². The normalized spacial score (nSPS) is 13.0. The van der Waals surface area contributed by atoms with Crippen LogP contribution in [0.5, 0.6) is 0 Å². The molecule has 72 heavy (non-hydrogen) atoms.